The molecule has 1 saturated heterocycles. The maximum atomic E-state index is 10.7. The van der Waals surface area contributed by atoms with Gasteiger partial charge in [0.1, 0.15) is 23.9 Å². The van der Waals surface area contributed by atoms with Gasteiger partial charge in [0, 0.05) is 25.0 Å². The van der Waals surface area contributed by atoms with Gasteiger partial charge in [0.05, 0.1) is 6.61 Å². The molecule has 0 N–H and O–H groups in total. The van der Waals surface area contributed by atoms with Crippen molar-refractivity contribution >= 4 is 32.7 Å². The fourth-order valence-electron chi connectivity index (χ4n) is 2.88. The fourth-order valence-corrected chi connectivity index (χ4v) is 4.23. The molecule has 0 amide bonds. The van der Waals surface area contributed by atoms with Crippen LogP contribution in [-0.2, 0) is 26.6 Å². The first-order valence-electron chi connectivity index (χ1n) is 8.44. The minimum Gasteiger partial charge on any atom is -0.741 e. The fraction of sp³-hybridized carbons (Fsp3) is 0.444. The molecule has 1 aliphatic rings. The van der Waals surface area contributed by atoms with E-state index in [1.165, 1.54) is 34.3 Å². The second kappa shape index (κ2) is 9.82. The van der Waals surface area contributed by atoms with Crippen LogP contribution in [0.3, 0.4) is 0 Å². The van der Waals surface area contributed by atoms with Crippen LogP contribution in [0, 0.1) is 0 Å². The van der Waals surface area contributed by atoms with Crippen LogP contribution in [0.15, 0.2) is 36.4 Å². The van der Waals surface area contributed by atoms with Crippen LogP contribution in [0.4, 0.5) is 13.2 Å². The van der Waals surface area contributed by atoms with Gasteiger partial charge in [0.15, 0.2) is 10.1 Å². The monoisotopic (exact) mass is 438 g/mol. The van der Waals surface area contributed by atoms with Crippen LogP contribution in [0.5, 0.6) is 5.75 Å². The quantitative estimate of drug-likeness (QED) is 0.236. The summed E-state index contributed by atoms with van der Waals surface area (Å²) in [6.07, 6.45) is 1.27. The maximum Gasteiger partial charge on any atom is 0.485 e. The van der Waals surface area contributed by atoms with E-state index in [4.69, 9.17) is 22.4 Å². The van der Waals surface area contributed by atoms with Crippen molar-refractivity contribution in [3.05, 3.63) is 42.0 Å². The minimum absolute atomic E-state index is 0.617. The van der Waals surface area contributed by atoms with Gasteiger partial charge in [-0.05, 0) is 28.6 Å². The van der Waals surface area contributed by atoms with Gasteiger partial charge in [0.25, 0.3) is 0 Å². The number of hydrogen-bond donors (Lipinski definition) is 0. The van der Waals surface area contributed by atoms with E-state index in [0.717, 1.165) is 5.75 Å². The van der Waals surface area contributed by atoms with Crippen molar-refractivity contribution in [3.63, 3.8) is 0 Å². The molecule has 28 heavy (non-hydrogen) atoms. The molecule has 2 aromatic carbocycles. The van der Waals surface area contributed by atoms with E-state index in [-0.39, 0.29) is 0 Å². The topological polar surface area (TPSA) is 75.7 Å². The zero-order chi connectivity index (χ0) is 20.8. The number of thiol groups is 1. The summed E-state index contributed by atoms with van der Waals surface area (Å²) in [4.78, 5) is 0. The zero-order valence-electron chi connectivity index (χ0n) is 15.1. The van der Waals surface area contributed by atoms with Gasteiger partial charge < -0.3 is 14.0 Å². The average Bonchev–Trinajstić information content (AvgIpc) is 3.14. The normalized spacial score (nSPS) is 17.2. The Balaban J connectivity index is 0.000000300. The summed E-state index contributed by atoms with van der Waals surface area (Å²) in [5.41, 5.74) is -4.24. The van der Waals surface area contributed by atoms with E-state index >= 15 is 0 Å². The third kappa shape index (κ3) is 6.00. The Kier molecular flexibility index (Phi) is 7.99. The number of ether oxygens (including phenoxy) is 2. The second-order valence-corrected chi connectivity index (χ2v) is 8.69. The molecule has 0 radical (unpaired) electrons. The van der Waals surface area contributed by atoms with E-state index in [1.54, 1.807) is 18.9 Å². The average molecular weight is 438 g/mol. The van der Waals surface area contributed by atoms with Crippen molar-refractivity contribution < 1.29 is 35.6 Å². The van der Waals surface area contributed by atoms with Crippen molar-refractivity contribution in [1.82, 2.24) is 0 Å². The highest BCUT2D eigenvalue weighted by atomic mass is 32.2. The molecule has 156 valence electrons. The van der Waals surface area contributed by atoms with Crippen molar-refractivity contribution in [2.75, 3.05) is 31.8 Å². The van der Waals surface area contributed by atoms with E-state index in [0.29, 0.717) is 19.1 Å². The van der Waals surface area contributed by atoms with Crippen LogP contribution >= 0.6 is 0 Å². The van der Waals surface area contributed by atoms with Crippen LogP contribution in [-0.4, -0.2) is 50.3 Å². The lowest BCUT2D eigenvalue weighted by atomic mass is 9.92. The number of halogens is 3. The molecule has 0 saturated carbocycles. The number of fused-ring (bicyclic) bond motifs is 1. The Morgan fingerprint density at radius 1 is 1.18 bits per heavy atom. The maximum absolute atomic E-state index is 10.7. The number of rotatable bonds is 5. The molecule has 0 aromatic heterocycles. The third-order valence-corrected chi connectivity index (χ3v) is 5.99. The van der Waals surface area contributed by atoms with Gasteiger partial charge in [-0.2, -0.15) is 13.2 Å². The van der Waals surface area contributed by atoms with Gasteiger partial charge in [-0.25, -0.2) is 8.42 Å². The summed E-state index contributed by atoms with van der Waals surface area (Å²) >= 11 is 1.57. The summed E-state index contributed by atoms with van der Waals surface area (Å²) in [6, 6.07) is 12.9. The molecule has 1 heterocycles. The number of benzene rings is 2. The van der Waals surface area contributed by atoms with Gasteiger partial charge in [0.2, 0.25) is 0 Å². The molecule has 5 nitrogen and oxygen atoms in total. The van der Waals surface area contributed by atoms with Crippen molar-refractivity contribution in [3.8, 4) is 5.75 Å². The molecule has 1 aliphatic heterocycles. The Morgan fingerprint density at radius 3 is 2.43 bits per heavy atom. The summed E-state index contributed by atoms with van der Waals surface area (Å²) in [5.74, 6) is 4.25. The van der Waals surface area contributed by atoms with E-state index in [9.17, 15) is 13.2 Å². The minimum atomic E-state index is -6.09. The summed E-state index contributed by atoms with van der Waals surface area (Å²) in [7, 11) is -4.38. The van der Waals surface area contributed by atoms with Gasteiger partial charge >= 0.3 is 5.51 Å². The first-order valence-corrected chi connectivity index (χ1v) is 11.1. The first-order chi connectivity index (χ1) is 13.1. The van der Waals surface area contributed by atoms with E-state index in [1.807, 2.05) is 0 Å². The van der Waals surface area contributed by atoms with Crippen LogP contribution in [0.2, 0.25) is 0 Å². The van der Waals surface area contributed by atoms with Gasteiger partial charge in [-0.3, -0.25) is 0 Å². The lowest BCUT2D eigenvalue weighted by Gasteiger charge is -2.17. The third-order valence-electron chi connectivity index (χ3n) is 4.15. The Labute approximate surface area is 166 Å². The highest BCUT2D eigenvalue weighted by Crippen LogP contribution is 2.38. The van der Waals surface area contributed by atoms with Crippen molar-refractivity contribution in [2.24, 2.45) is 0 Å². The molecule has 1 fully saturated rings. The lowest BCUT2D eigenvalue weighted by molar-refractivity contribution is -0.0517. The Hall–Kier alpha value is -1.49. The Bertz CT molecular complexity index is 878. The standard InChI is InChI=1S/C17H20O2S.CHF3O3S/c1-18-9-10-19-16-7-6-13-4-2-3-5-15(13)17(16)14-8-11-20-12-14;2-1(3,4)8(5,6)7/h2-7,14H,8-12H2,1H3;(H,5,6,7). The largest absolute Gasteiger partial charge is 0.741 e. The predicted molar refractivity (Wildman–Crippen MR) is 103 cm³/mol. The molecule has 0 aliphatic carbocycles. The first kappa shape index (κ1) is 22.8. The molecular formula is C18H21F3O5S2. The van der Waals surface area contributed by atoms with Crippen molar-refractivity contribution in [2.45, 2.75) is 17.8 Å². The SMILES string of the molecule is COCCOc1ccc2ccccc2c1C1CC[SH+]C1.O=S(=O)([O-])C(F)(F)F. The smallest absolute Gasteiger partial charge is 0.485 e. The lowest BCUT2D eigenvalue weighted by Crippen LogP contribution is -2.21. The highest BCUT2D eigenvalue weighted by Gasteiger charge is 2.37. The van der Waals surface area contributed by atoms with Gasteiger partial charge in [-0.1, -0.05) is 30.3 Å². The highest BCUT2D eigenvalue weighted by molar-refractivity contribution is 7.86. The molecular weight excluding hydrogens is 417 g/mol. The number of alkyl halides is 3. The molecule has 0 spiro atoms. The molecule has 3 rings (SSSR count). The second-order valence-electron chi connectivity index (χ2n) is 6.06. The van der Waals surface area contributed by atoms with Crippen LogP contribution in [0.25, 0.3) is 10.8 Å². The number of hydrogen-bond acceptors (Lipinski definition) is 5. The molecule has 10 heteroatoms. The summed E-state index contributed by atoms with van der Waals surface area (Å²) in [5, 5.41) is 2.66. The summed E-state index contributed by atoms with van der Waals surface area (Å²) < 4.78 is 70.0. The Morgan fingerprint density at radius 2 is 1.86 bits per heavy atom. The molecule has 1 atom stereocenters. The van der Waals surface area contributed by atoms with E-state index in [2.05, 4.69) is 36.4 Å². The predicted octanol–water partition coefficient (Wildman–Crippen LogP) is 3.22. The van der Waals surface area contributed by atoms with Crippen molar-refractivity contribution in [1.29, 1.82) is 0 Å². The molecule has 0 bridgehead atoms. The molecule has 2 aromatic rings. The van der Waals surface area contributed by atoms with Gasteiger partial charge in [-0.15, -0.1) is 0 Å². The number of methoxy groups -OCH3 is 1. The zero-order valence-corrected chi connectivity index (χ0v) is 16.8. The van der Waals surface area contributed by atoms with E-state index < -0.39 is 15.6 Å². The van der Waals surface area contributed by atoms with Crippen LogP contribution < -0.4 is 4.74 Å². The summed E-state index contributed by atoms with van der Waals surface area (Å²) in [6.45, 7) is 1.25. The molecule has 1 unspecified atom stereocenters. The van der Waals surface area contributed by atoms with Crippen LogP contribution in [0.1, 0.15) is 17.9 Å².